The van der Waals surface area contributed by atoms with Gasteiger partial charge in [-0.2, -0.15) is 5.10 Å². The van der Waals surface area contributed by atoms with Gasteiger partial charge in [-0.1, -0.05) is 0 Å². The molecule has 3 heterocycles. The van der Waals surface area contributed by atoms with Crippen molar-refractivity contribution >= 4 is 11.0 Å². The second-order valence-electron chi connectivity index (χ2n) is 6.36. The molecule has 0 radical (unpaired) electrons. The van der Waals surface area contributed by atoms with E-state index < -0.39 is 0 Å². The maximum absolute atomic E-state index is 13.5. The number of hydrogen-bond acceptors (Lipinski definition) is 4. The molecule has 0 spiro atoms. The second-order valence-corrected chi connectivity index (χ2v) is 6.36. The van der Waals surface area contributed by atoms with E-state index in [2.05, 4.69) is 26.5 Å². The van der Waals surface area contributed by atoms with E-state index >= 15 is 0 Å². The van der Waals surface area contributed by atoms with E-state index in [4.69, 9.17) is 4.74 Å². The molecule has 0 aliphatic carbocycles. The molecule has 6 nitrogen and oxygen atoms in total. The van der Waals surface area contributed by atoms with Gasteiger partial charge in [0.15, 0.2) is 0 Å². The molecule has 7 heteroatoms. The monoisotopic (exact) mass is 343 g/mol. The van der Waals surface area contributed by atoms with Crippen molar-refractivity contribution in [3.63, 3.8) is 0 Å². The number of halogens is 1. The van der Waals surface area contributed by atoms with Gasteiger partial charge in [-0.25, -0.2) is 9.37 Å². The van der Waals surface area contributed by atoms with Gasteiger partial charge in [0, 0.05) is 38.1 Å². The highest BCUT2D eigenvalue weighted by Gasteiger charge is 2.23. The van der Waals surface area contributed by atoms with Crippen molar-refractivity contribution in [3.8, 4) is 0 Å². The molecule has 0 bridgehead atoms. The molecule has 1 aliphatic heterocycles. The van der Waals surface area contributed by atoms with Crippen molar-refractivity contribution in [2.45, 2.75) is 32.7 Å². The minimum atomic E-state index is -0.245. The maximum atomic E-state index is 13.5. The lowest BCUT2D eigenvalue weighted by atomic mass is 10.2. The van der Waals surface area contributed by atoms with E-state index in [-0.39, 0.29) is 11.9 Å². The molecule has 0 N–H and O–H groups in total. The van der Waals surface area contributed by atoms with Crippen LogP contribution in [-0.2, 0) is 24.4 Å². The summed E-state index contributed by atoms with van der Waals surface area (Å²) in [6.07, 6.45) is 3.85. The normalized spacial score (nSPS) is 18.9. The number of ether oxygens (including phenoxy) is 1. The quantitative estimate of drug-likeness (QED) is 0.713. The molecular weight excluding hydrogens is 321 g/mol. The number of aromatic nitrogens is 4. The third kappa shape index (κ3) is 3.43. The topological polar surface area (TPSA) is 48.1 Å². The van der Waals surface area contributed by atoms with Gasteiger partial charge in [-0.15, -0.1) is 0 Å². The van der Waals surface area contributed by atoms with Crippen LogP contribution in [-0.4, -0.2) is 50.0 Å². The van der Waals surface area contributed by atoms with Crippen LogP contribution in [0.15, 0.2) is 36.7 Å². The van der Waals surface area contributed by atoms with Crippen LogP contribution in [0.25, 0.3) is 11.0 Å². The number of aryl methyl sites for hydroxylation is 1. The zero-order valence-corrected chi connectivity index (χ0v) is 14.3. The fraction of sp³-hybridized carbons (Fsp3) is 0.444. The fourth-order valence-electron chi connectivity index (χ4n) is 3.48. The van der Waals surface area contributed by atoms with E-state index in [1.807, 2.05) is 23.0 Å². The fourth-order valence-corrected chi connectivity index (χ4v) is 3.48. The van der Waals surface area contributed by atoms with Crippen molar-refractivity contribution in [2.24, 2.45) is 0 Å². The largest absolute Gasteiger partial charge is 0.374 e. The number of fused-ring (bicyclic) bond motifs is 1. The summed E-state index contributed by atoms with van der Waals surface area (Å²) in [5.74, 6) is 0.730. The summed E-state index contributed by atoms with van der Waals surface area (Å²) in [5, 5.41) is 4.25. The summed E-state index contributed by atoms with van der Waals surface area (Å²) in [6, 6.07) is 6.73. The molecule has 0 saturated carbocycles. The van der Waals surface area contributed by atoms with Crippen LogP contribution in [0.5, 0.6) is 0 Å². The van der Waals surface area contributed by atoms with Crippen molar-refractivity contribution in [3.05, 3.63) is 48.3 Å². The maximum Gasteiger partial charge on any atom is 0.125 e. The first-order valence-electron chi connectivity index (χ1n) is 8.69. The second kappa shape index (κ2) is 6.93. The molecule has 1 saturated heterocycles. The Balaban J connectivity index is 1.50. The van der Waals surface area contributed by atoms with Gasteiger partial charge in [-0.3, -0.25) is 9.58 Å². The summed E-state index contributed by atoms with van der Waals surface area (Å²) in [5.41, 5.74) is 1.71. The Kier molecular flexibility index (Phi) is 4.50. The number of rotatable bonds is 5. The van der Waals surface area contributed by atoms with Crippen LogP contribution in [0.1, 0.15) is 12.7 Å². The molecule has 1 atom stereocenters. The van der Waals surface area contributed by atoms with E-state index in [9.17, 15) is 4.39 Å². The smallest absolute Gasteiger partial charge is 0.125 e. The van der Waals surface area contributed by atoms with Gasteiger partial charge in [0.25, 0.3) is 0 Å². The Hall–Kier alpha value is -2.25. The first-order valence-corrected chi connectivity index (χ1v) is 8.69. The Morgan fingerprint density at radius 2 is 2.28 bits per heavy atom. The van der Waals surface area contributed by atoms with Gasteiger partial charge in [0.1, 0.15) is 11.6 Å². The van der Waals surface area contributed by atoms with Gasteiger partial charge < -0.3 is 9.30 Å². The minimum Gasteiger partial charge on any atom is -0.374 e. The average molecular weight is 343 g/mol. The van der Waals surface area contributed by atoms with Crippen LogP contribution in [0.2, 0.25) is 0 Å². The van der Waals surface area contributed by atoms with Gasteiger partial charge in [0.2, 0.25) is 0 Å². The third-order valence-electron chi connectivity index (χ3n) is 4.64. The average Bonchev–Trinajstić information content (AvgIpc) is 3.22. The standard InChI is InChI=1S/C18H22FN5O/c1-2-24-17-5-4-14(19)10-16(17)21-18(24)13-22-8-9-25-15(11-22)12-23-7-3-6-20-23/h3-7,10,15H,2,8-9,11-13H2,1H3/t15-/m0/s1. The van der Waals surface area contributed by atoms with Crippen molar-refractivity contribution < 1.29 is 9.13 Å². The van der Waals surface area contributed by atoms with Crippen LogP contribution < -0.4 is 0 Å². The van der Waals surface area contributed by atoms with Crippen LogP contribution >= 0.6 is 0 Å². The van der Waals surface area contributed by atoms with E-state index in [1.165, 1.54) is 12.1 Å². The molecule has 132 valence electrons. The van der Waals surface area contributed by atoms with Gasteiger partial charge in [0.05, 0.1) is 36.8 Å². The van der Waals surface area contributed by atoms with Crippen molar-refractivity contribution in [1.82, 2.24) is 24.2 Å². The minimum absolute atomic E-state index is 0.116. The van der Waals surface area contributed by atoms with E-state index in [0.29, 0.717) is 6.61 Å². The molecule has 1 aromatic carbocycles. The van der Waals surface area contributed by atoms with Crippen molar-refractivity contribution in [2.75, 3.05) is 19.7 Å². The van der Waals surface area contributed by atoms with Crippen LogP contribution in [0.4, 0.5) is 4.39 Å². The zero-order valence-electron chi connectivity index (χ0n) is 14.3. The lowest BCUT2D eigenvalue weighted by Gasteiger charge is -2.32. The van der Waals surface area contributed by atoms with Crippen molar-refractivity contribution in [1.29, 1.82) is 0 Å². The molecule has 0 amide bonds. The summed E-state index contributed by atoms with van der Waals surface area (Å²) in [7, 11) is 0. The number of nitrogens with zero attached hydrogens (tertiary/aromatic N) is 5. The highest BCUT2D eigenvalue weighted by molar-refractivity contribution is 5.76. The first-order chi connectivity index (χ1) is 12.2. The molecule has 1 aliphatic rings. The molecule has 25 heavy (non-hydrogen) atoms. The zero-order chi connectivity index (χ0) is 17.2. The number of morpholine rings is 1. The van der Waals surface area contributed by atoms with Gasteiger partial charge >= 0.3 is 0 Å². The number of imidazole rings is 1. The highest BCUT2D eigenvalue weighted by Crippen LogP contribution is 2.20. The Morgan fingerprint density at radius 3 is 3.08 bits per heavy atom. The predicted molar refractivity (Wildman–Crippen MR) is 92.6 cm³/mol. The molecule has 1 fully saturated rings. The highest BCUT2D eigenvalue weighted by atomic mass is 19.1. The summed E-state index contributed by atoms with van der Waals surface area (Å²) in [4.78, 5) is 7.01. The Bertz CT molecular complexity index is 845. The molecule has 2 aromatic heterocycles. The van der Waals surface area contributed by atoms with Gasteiger partial charge in [-0.05, 0) is 25.1 Å². The number of benzene rings is 1. The van der Waals surface area contributed by atoms with Crippen LogP contribution in [0.3, 0.4) is 0 Å². The Morgan fingerprint density at radius 1 is 1.36 bits per heavy atom. The third-order valence-corrected chi connectivity index (χ3v) is 4.64. The molecule has 3 aromatic rings. The summed E-state index contributed by atoms with van der Waals surface area (Å²) < 4.78 is 23.4. The van der Waals surface area contributed by atoms with E-state index in [1.54, 1.807) is 6.20 Å². The number of hydrogen-bond donors (Lipinski definition) is 0. The van der Waals surface area contributed by atoms with Crippen LogP contribution in [0, 0.1) is 5.82 Å². The Labute approximate surface area is 145 Å². The molecule has 0 unspecified atom stereocenters. The predicted octanol–water partition coefficient (Wildman–Crippen LogP) is 2.29. The molecule has 4 rings (SSSR count). The summed E-state index contributed by atoms with van der Waals surface area (Å²) >= 11 is 0. The first kappa shape index (κ1) is 16.2. The summed E-state index contributed by atoms with van der Waals surface area (Å²) in [6.45, 7) is 6.80. The molecular formula is C18H22FN5O. The lowest BCUT2D eigenvalue weighted by Crippen LogP contribution is -2.44. The SMILES string of the molecule is CCn1c(CN2CCO[C@H](Cn3cccn3)C2)nc2cc(F)ccc21. The van der Waals surface area contributed by atoms with E-state index in [0.717, 1.165) is 49.6 Å². The lowest BCUT2D eigenvalue weighted by molar-refractivity contribution is -0.0411.